The number of pyridine rings is 1. The van der Waals surface area contributed by atoms with E-state index in [1.54, 1.807) is 17.0 Å². The molecule has 30 heavy (non-hydrogen) atoms. The Morgan fingerprint density at radius 1 is 1.07 bits per heavy atom. The molecule has 1 N–H and O–H groups in total. The standard InChI is InChI=1S/C23H21N5O2/c29-22(20-9-3-6-16-5-1-2-8-19(16)20)25-13-14-27-23(30)28(18-10-11-18)21(26-27)17-7-4-12-24-15-17/h1-9,12,15,18H,10-11,13-14H2,(H,25,29). The summed E-state index contributed by atoms with van der Waals surface area (Å²) >= 11 is 0. The van der Waals surface area contributed by atoms with Crippen molar-refractivity contribution < 1.29 is 4.79 Å². The summed E-state index contributed by atoms with van der Waals surface area (Å²) in [6.45, 7) is 0.623. The molecule has 0 radical (unpaired) electrons. The van der Waals surface area contributed by atoms with E-state index < -0.39 is 0 Å². The second kappa shape index (κ2) is 7.59. The van der Waals surface area contributed by atoms with E-state index in [4.69, 9.17) is 0 Å². The summed E-state index contributed by atoms with van der Waals surface area (Å²) in [6, 6.07) is 17.4. The van der Waals surface area contributed by atoms with Crippen LogP contribution in [0.4, 0.5) is 0 Å². The first-order chi connectivity index (χ1) is 14.7. The number of carbonyl (C=O) groups is 1. The van der Waals surface area contributed by atoms with Gasteiger partial charge in [-0.25, -0.2) is 9.48 Å². The third-order valence-electron chi connectivity index (χ3n) is 5.35. The largest absolute Gasteiger partial charge is 0.350 e. The lowest BCUT2D eigenvalue weighted by Crippen LogP contribution is -2.32. The van der Waals surface area contributed by atoms with Crippen LogP contribution in [0.25, 0.3) is 22.2 Å². The highest BCUT2D eigenvalue weighted by Crippen LogP contribution is 2.36. The second-order valence-electron chi connectivity index (χ2n) is 7.45. The van der Waals surface area contributed by atoms with Gasteiger partial charge in [0.1, 0.15) is 0 Å². The summed E-state index contributed by atoms with van der Waals surface area (Å²) in [5.74, 6) is 0.477. The van der Waals surface area contributed by atoms with E-state index in [0.29, 0.717) is 24.5 Å². The fourth-order valence-corrected chi connectivity index (χ4v) is 3.71. The van der Waals surface area contributed by atoms with Crippen LogP contribution in [0.2, 0.25) is 0 Å². The van der Waals surface area contributed by atoms with Crippen LogP contribution in [0.15, 0.2) is 71.8 Å². The Morgan fingerprint density at radius 3 is 2.70 bits per heavy atom. The number of aromatic nitrogens is 4. The third-order valence-corrected chi connectivity index (χ3v) is 5.35. The van der Waals surface area contributed by atoms with E-state index in [2.05, 4.69) is 15.4 Å². The monoisotopic (exact) mass is 399 g/mol. The minimum atomic E-state index is -0.158. The Bertz CT molecular complexity index is 1270. The molecule has 7 nitrogen and oxygen atoms in total. The Balaban J connectivity index is 1.34. The SMILES string of the molecule is O=C(NCCn1nc(-c2cccnc2)n(C2CC2)c1=O)c1cccc2ccccc12. The molecule has 150 valence electrons. The maximum Gasteiger partial charge on any atom is 0.346 e. The summed E-state index contributed by atoms with van der Waals surface area (Å²) in [4.78, 5) is 29.8. The molecule has 2 aromatic carbocycles. The van der Waals surface area contributed by atoms with E-state index in [1.807, 2.05) is 54.6 Å². The van der Waals surface area contributed by atoms with Crippen molar-refractivity contribution in [1.82, 2.24) is 24.6 Å². The maximum absolute atomic E-state index is 12.9. The van der Waals surface area contributed by atoms with Crippen molar-refractivity contribution in [3.63, 3.8) is 0 Å². The Kier molecular flexibility index (Phi) is 4.63. The van der Waals surface area contributed by atoms with Crippen LogP contribution >= 0.6 is 0 Å². The molecule has 7 heteroatoms. The van der Waals surface area contributed by atoms with Gasteiger partial charge in [-0.05, 0) is 41.8 Å². The summed E-state index contributed by atoms with van der Waals surface area (Å²) in [6.07, 6.45) is 5.38. The van der Waals surface area contributed by atoms with Crippen molar-refractivity contribution in [2.75, 3.05) is 6.54 Å². The van der Waals surface area contributed by atoms with Crippen molar-refractivity contribution in [1.29, 1.82) is 0 Å². The zero-order valence-electron chi connectivity index (χ0n) is 16.4. The molecule has 0 atom stereocenters. The lowest BCUT2D eigenvalue weighted by molar-refractivity contribution is 0.0953. The molecule has 1 aliphatic carbocycles. The van der Waals surface area contributed by atoms with E-state index in [0.717, 1.165) is 29.2 Å². The Labute approximate surface area is 173 Å². The highest BCUT2D eigenvalue weighted by molar-refractivity contribution is 6.06. The normalized spacial score (nSPS) is 13.5. The van der Waals surface area contributed by atoms with Gasteiger partial charge in [-0.2, -0.15) is 0 Å². The van der Waals surface area contributed by atoms with Gasteiger partial charge in [0.15, 0.2) is 5.82 Å². The highest BCUT2D eigenvalue weighted by Gasteiger charge is 2.30. The fourth-order valence-electron chi connectivity index (χ4n) is 3.71. The molecule has 1 amide bonds. The molecule has 2 heterocycles. The summed E-state index contributed by atoms with van der Waals surface area (Å²) < 4.78 is 3.19. The minimum absolute atomic E-state index is 0.143. The number of rotatable bonds is 6. The van der Waals surface area contributed by atoms with Gasteiger partial charge in [0.05, 0.1) is 6.54 Å². The van der Waals surface area contributed by atoms with Gasteiger partial charge in [-0.15, -0.1) is 5.10 Å². The number of hydrogen-bond donors (Lipinski definition) is 1. The second-order valence-corrected chi connectivity index (χ2v) is 7.45. The number of benzene rings is 2. The first kappa shape index (κ1) is 18.3. The summed E-state index contributed by atoms with van der Waals surface area (Å²) in [5.41, 5.74) is 1.30. The van der Waals surface area contributed by atoms with Crippen LogP contribution < -0.4 is 11.0 Å². The van der Waals surface area contributed by atoms with Gasteiger partial charge < -0.3 is 5.32 Å². The topological polar surface area (TPSA) is 81.8 Å². The van der Waals surface area contributed by atoms with Gasteiger partial charge in [-0.3, -0.25) is 14.3 Å². The molecular formula is C23H21N5O2. The van der Waals surface area contributed by atoms with Crippen molar-refractivity contribution in [3.8, 4) is 11.4 Å². The zero-order chi connectivity index (χ0) is 20.5. The van der Waals surface area contributed by atoms with Gasteiger partial charge in [0.25, 0.3) is 5.91 Å². The third kappa shape index (κ3) is 3.39. The predicted molar refractivity (Wildman–Crippen MR) is 114 cm³/mol. The zero-order valence-corrected chi connectivity index (χ0v) is 16.4. The van der Waals surface area contributed by atoms with Crippen LogP contribution in [0, 0.1) is 0 Å². The number of fused-ring (bicyclic) bond motifs is 1. The number of hydrogen-bond acceptors (Lipinski definition) is 4. The molecule has 4 aromatic rings. The molecule has 5 rings (SSSR count). The molecule has 1 fully saturated rings. The first-order valence-corrected chi connectivity index (χ1v) is 10.1. The summed E-state index contributed by atoms with van der Waals surface area (Å²) in [7, 11) is 0. The highest BCUT2D eigenvalue weighted by atomic mass is 16.2. The van der Waals surface area contributed by atoms with E-state index in [1.165, 1.54) is 4.68 Å². The van der Waals surface area contributed by atoms with Crippen LogP contribution in [0.3, 0.4) is 0 Å². The smallest absolute Gasteiger partial charge is 0.346 e. The Morgan fingerprint density at radius 2 is 1.90 bits per heavy atom. The van der Waals surface area contributed by atoms with Gasteiger partial charge in [0, 0.05) is 36.1 Å². The average molecular weight is 399 g/mol. The van der Waals surface area contributed by atoms with Crippen LogP contribution in [0.1, 0.15) is 29.2 Å². The average Bonchev–Trinajstić information content (AvgIpc) is 3.57. The van der Waals surface area contributed by atoms with Crippen molar-refractivity contribution in [3.05, 3.63) is 83.0 Å². The molecular weight excluding hydrogens is 378 g/mol. The van der Waals surface area contributed by atoms with Gasteiger partial charge >= 0.3 is 5.69 Å². The minimum Gasteiger partial charge on any atom is -0.350 e. The molecule has 0 bridgehead atoms. The maximum atomic E-state index is 12.9. The summed E-state index contributed by atoms with van der Waals surface area (Å²) in [5, 5.41) is 9.38. The number of nitrogens with zero attached hydrogens (tertiary/aromatic N) is 4. The van der Waals surface area contributed by atoms with Crippen LogP contribution in [-0.4, -0.2) is 31.8 Å². The van der Waals surface area contributed by atoms with Crippen LogP contribution in [0.5, 0.6) is 0 Å². The molecule has 0 saturated heterocycles. The molecule has 2 aromatic heterocycles. The molecule has 0 unspecified atom stereocenters. The molecule has 1 saturated carbocycles. The van der Waals surface area contributed by atoms with Crippen LogP contribution in [-0.2, 0) is 6.54 Å². The van der Waals surface area contributed by atoms with Gasteiger partial charge in [-0.1, -0.05) is 36.4 Å². The number of nitrogens with one attached hydrogen (secondary N) is 1. The number of amides is 1. The van der Waals surface area contributed by atoms with E-state index in [-0.39, 0.29) is 17.6 Å². The van der Waals surface area contributed by atoms with Crippen molar-refractivity contribution in [2.45, 2.75) is 25.4 Å². The molecule has 0 spiro atoms. The quantitative estimate of drug-likeness (QED) is 0.540. The Hall–Kier alpha value is -3.74. The fraction of sp³-hybridized carbons (Fsp3) is 0.217. The van der Waals surface area contributed by atoms with E-state index in [9.17, 15) is 9.59 Å². The van der Waals surface area contributed by atoms with Crippen molar-refractivity contribution in [2.24, 2.45) is 0 Å². The van der Waals surface area contributed by atoms with E-state index >= 15 is 0 Å². The first-order valence-electron chi connectivity index (χ1n) is 10.1. The molecule has 0 aliphatic heterocycles. The lowest BCUT2D eigenvalue weighted by Gasteiger charge is -2.08. The number of carbonyl (C=O) groups excluding carboxylic acids is 1. The molecule has 1 aliphatic rings. The van der Waals surface area contributed by atoms with Crippen molar-refractivity contribution >= 4 is 16.7 Å². The lowest BCUT2D eigenvalue weighted by atomic mass is 10.0. The predicted octanol–water partition coefficient (Wildman–Crippen LogP) is 3.02. The van der Waals surface area contributed by atoms with Gasteiger partial charge in [0.2, 0.25) is 0 Å².